The van der Waals surface area contributed by atoms with E-state index in [9.17, 15) is 9.59 Å². The number of benzene rings is 2. The summed E-state index contributed by atoms with van der Waals surface area (Å²) in [5.74, 6) is -0.786. The minimum Gasteiger partial charge on any atom is -0.350 e. The summed E-state index contributed by atoms with van der Waals surface area (Å²) in [5, 5.41) is 10.7. The maximum absolute atomic E-state index is 12.2. The lowest BCUT2D eigenvalue weighted by Crippen LogP contribution is -2.37. The Labute approximate surface area is 135 Å². The van der Waals surface area contributed by atoms with Gasteiger partial charge in [0.2, 0.25) is 6.04 Å². The average Bonchev–Trinajstić information content (AvgIpc) is 2.55. The Kier molecular flexibility index (Phi) is 5.74. The number of rotatable bonds is 6. The second-order valence-electron chi connectivity index (χ2n) is 5.22. The van der Waals surface area contributed by atoms with Crippen LogP contribution >= 0.6 is 0 Å². The summed E-state index contributed by atoms with van der Waals surface area (Å²) >= 11 is 0. The molecule has 118 valence electrons. The quantitative estimate of drug-likeness (QED) is 0.656. The minimum atomic E-state index is -1.13. The maximum atomic E-state index is 12.2. The summed E-state index contributed by atoms with van der Waals surface area (Å²) < 4.78 is 0. The maximum Gasteiger partial charge on any atom is 0.254 e. The average molecular weight is 309 g/mol. The molecule has 1 amide bonds. The SMILES string of the molecule is CC(=O)C(N=Nc1ccccc1C)C(=O)NCc1ccccc1. The molecule has 0 aliphatic heterocycles. The van der Waals surface area contributed by atoms with Gasteiger partial charge in [-0.25, -0.2) is 0 Å². The molecule has 0 spiro atoms. The predicted molar refractivity (Wildman–Crippen MR) is 88.5 cm³/mol. The molecule has 0 heterocycles. The number of aryl methyl sites for hydroxylation is 1. The Morgan fingerprint density at radius 3 is 2.35 bits per heavy atom. The molecule has 2 aromatic carbocycles. The number of Topliss-reactive ketones (excluding diaryl/α,β-unsaturated/α-hetero) is 1. The van der Waals surface area contributed by atoms with E-state index < -0.39 is 11.9 Å². The van der Waals surface area contributed by atoms with Crippen molar-refractivity contribution < 1.29 is 9.59 Å². The van der Waals surface area contributed by atoms with E-state index in [2.05, 4.69) is 15.5 Å². The van der Waals surface area contributed by atoms with Crippen molar-refractivity contribution >= 4 is 17.4 Å². The first-order valence-electron chi connectivity index (χ1n) is 7.36. The highest BCUT2D eigenvalue weighted by Gasteiger charge is 2.22. The molecule has 0 radical (unpaired) electrons. The van der Waals surface area contributed by atoms with Crippen molar-refractivity contribution in [1.29, 1.82) is 0 Å². The summed E-state index contributed by atoms with van der Waals surface area (Å²) in [6.07, 6.45) is 0. The second-order valence-corrected chi connectivity index (χ2v) is 5.22. The fourth-order valence-electron chi connectivity index (χ4n) is 2.00. The van der Waals surface area contributed by atoms with Gasteiger partial charge in [-0.15, -0.1) is 0 Å². The third-order valence-corrected chi connectivity index (χ3v) is 3.34. The van der Waals surface area contributed by atoms with E-state index in [0.29, 0.717) is 12.2 Å². The molecule has 5 nitrogen and oxygen atoms in total. The van der Waals surface area contributed by atoms with Gasteiger partial charge in [0, 0.05) is 6.54 Å². The molecule has 2 aromatic rings. The first kappa shape index (κ1) is 16.5. The molecule has 1 atom stereocenters. The Morgan fingerprint density at radius 2 is 1.70 bits per heavy atom. The van der Waals surface area contributed by atoms with Crippen molar-refractivity contribution in [2.45, 2.75) is 26.4 Å². The molecule has 0 bridgehead atoms. The van der Waals surface area contributed by atoms with Crippen LogP contribution in [-0.4, -0.2) is 17.7 Å². The van der Waals surface area contributed by atoms with Crippen molar-refractivity contribution in [3.8, 4) is 0 Å². The summed E-state index contributed by atoms with van der Waals surface area (Å²) in [7, 11) is 0. The van der Waals surface area contributed by atoms with Crippen LogP contribution in [0.5, 0.6) is 0 Å². The molecule has 23 heavy (non-hydrogen) atoms. The molecule has 0 saturated carbocycles. The van der Waals surface area contributed by atoms with Crippen LogP contribution in [-0.2, 0) is 16.1 Å². The van der Waals surface area contributed by atoms with Crippen LogP contribution in [0.15, 0.2) is 64.8 Å². The van der Waals surface area contributed by atoms with Crippen LogP contribution in [0.1, 0.15) is 18.1 Å². The van der Waals surface area contributed by atoms with Crippen LogP contribution < -0.4 is 5.32 Å². The standard InChI is InChI=1S/C18H19N3O2/c1-13-8-6-7-11-16(13)20-21-17(14(2)22)18(23)19-12-15-9-4-3-5-10-15/h3-11,17H,12H2,1-2H3,(H,19,23). The fraction of sp³-hybridized carbons (Fsp3) is 0.222. The van der Waals surface area contributed by atoms with Gasteiger partial charge in [-0.1, -0.05) is 48.5 Å². The highest BCUT2D eigenvalue weighted by atomic mass is 16.2. The van der Waals surface area contributed by atoms with Crippen molar-refractivity contribution in [1.82, 2.24) is 5.32 Å². The van der Waals surface area contributed by atoms with Gasteiger partial charge in [-0.2, -0.15) is 10.2 Å². The lowest BCUT2D eigenvalue weighted by Gasteiger charge is -2.09. The first-order valence-corrected chi connectivity index (χ1v) is 7.36. The molecule has 1 N–H and O–H groups in total. The van der Waals surface area contributed by atoms with Gasteiger partial charge in [0.15, 0.2) is 5.78 Å². The van der Waals surface area contributed by atoms with E-state index in [-0.39, 0.29) is 5.78 Å². The number of nitrogens with one attached hydrogen (secondary N) is 1. The number of nitrogens with zero attached hydrogens (tertiary/aromatic N) is 2. The largest absolute Gasteiger partial charge is 0.350 e. The summed E-state index contributed by atoms with van der Waals surface area (Å²) in [4.78, 5) is 23.9. The van der Waals surface area contributed by atoms with Gasteiger partial charge >= 0.3 is 0 Å². The van der Waals surface area contributed by atoms with Crippen LogP contribution in [0, 0.1) is 6.92 Å². The Morgan fingerprint density at radius 1 is 1.04 bits per heavy atom. The summed E-state index contributed by atoms with van der Waals surface area (Å²) in [6, 6.07) is 15.8. The van der Waals surface area contributed by atoms with Crippen LogP contribution in [0.3, 0.4) is 0 Å². The Hall–Kier alpha value is -2.82. The molecular formula is C18H19N3O2. The number of amides is 1. The summed E-state index contributed by atoms with van der Waals surface area (Å²) in [6.45, 7) is 3.58. The lowest BCUT2D eigenvalue weighted by molar-refractivity contribution is -0.129. The van der Waals surface area contributed by atoms with E-state index in [4.69, 9.17) is 0 Å². The van der Waals surface area contributed by atoms with Crippen LogP contribution in [0.4, 0.5) is 5.69 Å². The number of hydrogen-bond donors (Lipinski definition) is 1. The van der Waals surface area contributed by atoms with Crippen molar-refractivity contribution in [2.75, 3.05) is 0 Å². The van der Waals surface area contributed by atoms with Crippen molar-refractivity contribution in [2.24, 2.45) is 10.2 Å². The third-order valence-electron chi connectivity index (χ3n) is 3.34. The fourth-order valence-corrected chi connectivity index (χ4v) is 2.00. The van der Waals surface area contributed by atoms with Crippen LogP contribution in [0.25, 0.3) is 0 Å². The number of ketones is 1. The Balaban J connectivity index is 2.04. The second kappa shape index (κ2) is 7.98. The molecule has 5 heteroatoms. The number of carbonyl (C=O) groups excluding carboxylic acids is 2. The third kappa shape index (κ3) is 4.85. The first-order chi connectivity index (χ1) is 11.1. The topological polar surface area (TPSA) is 70.9 Å². The molecule has 0 aromatic heterocycles. The number of azo groups is 1. The lowest BCUT2D eigenvalue weighted by atomic mass is 10.2. The molecule has 1 unspecified atom stereocenters. The van der Waals surface area contributed by atoms with E-state index in [1.165, 1.54) is 6.92 Å². The van der Waals surface area contributed by atoms with Gasteiger partial charge in [0.1, 0.15) is 0 Å². The zero-order chi connectivity index (χ0) is 16.7. The molecule has 0 saturated heterocycles. The normalized spacial score (nSPS) is 12.1. The monoisotopic (exact) mass is 309 g/mol. The highest BCUT2D eigenvalue weighted by molar-refractivity contribution is 6.04. The van der Waals surface area contributed by atoms with Gasteiger partial charge in [0.25, 0.3) is 5.91 Å². The molecule has 0 fully saturated rings. The van der Waals surface area contributed by atoms with Crippen LogP contribution in [0.2, 0.25) is 0 Å². The minimum absolute atomic E-state index is 0.340. The smallest absolute Gasteiger partial charge is 0.254 e. The highest BCUT2D eigenvalue weighted by Crippen LogP contribution is 2.18. The van der Waals surface area contributed by atoms with Crippen molar-refractivity contribution in [3.63, 3.8) is 0 Å². The van der Waals surface area contributed by atoms with Gasteiger partial charge in [-0.3, -0.25) is 9.59 Å². The number of carbonyl (C=O) groups is 2. The van der Waals surface area contributed by atoms with Gasteiger partial charge in [0.05, 0.1) is 5.69 Å². The molecule has 0 aliphatic rings. The van der Waals surface area contributed by atoms with Crippen molar-refractivity contribution in [3.05, 3.63) is 65.7 Å². The zero-order valence-corrected chi connectivity index (χ0v) is 13.2. The molecule has 0 aliphatic carbocycles. The van der Waals surface area contributed by atoms with E-state index in [1.807, 2.05) is 55.5 Å². The van der Waals surface area contributed by atoms with E-state index in [0.717, 1.165) is 11.1 Å². The molecular weight excluding hydrogens is 290 g/mol. The summed E-state index contributed by atoms with van der Waals surface area (Å²) in [5.41, 5.74) is 2.54. The molecule has 2 rings (SSSR count). The van der Waals surface area contributed by atoms with Gasteiger partial charge in [-0.05, 0) is 31.0 Å². The predicted octanol–water partition coefficient (Wildman–Crippen LogP) is 3.35. The van der Waals surface area contributed by atoms with Gasteiger partial charge < -0.3 is 5.32 Å². The number of hydrogen-bond acceptors (Lipinski definition) is 4. The van der Waals surface area contributed by atoms with E-state index in [1.54, 1.807) is 6.07 Å². The van der Waals surface area contributed by atoms with E-state index >= 15 is 0 Å². The zero-order valence-electron chi connectivity index (χ0n) is 13.2. The Bertz CT molecular complexity index is 711.